The first-order chi connectivity index (χ1) is 6.97. The molecule has 4 nitrogen and oxygen atoms in total. The molecule has 1 atom stereocenters. The zero-order valence-corrected chi connectivity index (χ0v) is 8.77. The predicted molar refractivity (Wildman–Crippen MR) is 56.1 cm³/mol. The van der Waals surface area contributed by atoms with E-state index in [0.717, 1.165) is 0 Å². The summed E-state index contributed by atoms with van der Waals surface area (Å²) in [4.78, 5) is 21.6. The van der Waals surface area contributed by atoms with Crippen molar-refractivity contribution in [1.82, 2.24) is 0 Å². The third-order valence-electron chi connectivity index (χ3n) is 2.39. The van der Waals surface area contributed by atoms with Crippen LogP contribution in [0.4, 0.5) is 0 Å². The summed E-state index contributed by atoms with van der Waals surface area (Å²) in [6.45, 7) is 2.84. The molecule has 0 saturated carbocycles. The number of nitrogens with zero attached hydrogens (tertiary/aromatic N) is 1. The van der Waals surface area contributed by atoms with E-state index < -0.39 is 10.5 Å². The van der Waals surface area contributed by atoms with Gasteiger partial charge in [-0.25, -0.2) is 0 Å². The van der Waals surface area contributed by atoms with Gasteiger partial charge in [0.05, 0.1) is 6.42 Å². The fourth-order valence-electron chi connectivity index (χ4n) is 1.55. The second-order valence-electron chi connectivity index (χ2n) is 3.78. The number of ketones is 1. The number of carbonyl (C=O) groups excluding carboxylic acids is 1. The zero-order chi connectivity index (χ0) is 11.5. The lowest BCUT2D eigenvalue weighted by molar-refractivity contribution is -0.573. The van der Waals surface area contributed by atoms with Crippen LogP contribution in [0.15, 0.2) is 30.3 Å². The van der Waals surface area contributed by atoms with E-state index in [2.05, 4.69) is 0 Å². The molecule has 80 valence electrons. The Kier molecular flexibility index (Phi) is 3.19. The molecule has 15 heavy (non-hydrogen) atoms. The van der Waals surface area contributed by atoms with E-state index in [9.17, 15) is 14.9 Å². The number of nitro groups is 1. The van der Waals surface area contributed by atoms with E-state index >= 15 is 0 Å². The number of benzene rings is 1. The van der Waals surface area contributed by atoms with Gasteiger partial charge >= 0.3 is 0 Å². The molecular weight excluding hydrogens is 194 g/mol. The molecule has 1 aromatic rings. The molecule has 0 heterocycles. The van der Waals surface area contributed by atoms with Crippen molar-refractivity contribution in [2.45, 2.75) is 25.8 Å². The van der Waals surface area contributed by atoms with E-state index in [1.54, 1.807) is 30.3 Å². The Labute approximate surface area is 88.1 Å². The van der Waals surface area contributed by atoms with Gasteiger partial charge in [-0.2, -0.15) is 0 Å². The van der Waals surface area contributed by atoms with E-state index in [0.29, 0.717) is 5.56 Å². The maximum atomic E-state index is 11.0. The van der Waals surface area contributed by atoms with Crippen molar-refractivity contribution >= 4 is 5.78 Å². The third kappa shape index (κ3) is 2.40. The summed E-state index contributed by atoms with van der Waals surface area (Å²) >= 11 is 0. The highest BCUT2D eigenvalue weighted by molar-refractivity contribution is 5.76. The summed E-state index contributed by atoms with van der Waals surface area (Å²) < 4.78 is 0. The van der Waals surface area contributed by atoms with Crippen LogP contribution in [-0.4, -0.2) is 10.7 Å². The molecule has 0 saturated heterocycles. The fraction of sp³-hybridized carbons (Fsp3) is 0.364. The highest BCUT2D eigenvalue weighted by Crippen LogP contribution is 2.28. The summed E-state index contributed by atoms with van der Waals surface area (Å²) in [5, 5.41) is 11.0. The van der Waals surface area contributed by atoms with Crippen LogP contribution in [0.25, 0.3) is 0 Å². The highest BCUT2D eigenvalue weighted by atomic mass is 16.6. The molecule has 0 spiro atoms. The Morgan fingerprint density at radius 3 is 2.33 bits per heavy atom. The SMILES string of the molecule is CC(=O)CC(C)(c1ccccc1)[N+](=O)[O-]. The Balaban J connectivity index is 3.13. The number of hydrogen-bond donors (Lipinski definition) is 0. The van der Waals surface area contributed by atoms with Crippen LogP contribution in [0.3, 0.4) is 0 Å². The van der Waals surface area contributed by atoms with Crippen molar-refractivity contribution in [2.24, 2.45) is 0 Å². The number of carbonyl (C=O) groups is 1. The molecular formula is C11H13NO3. The summed E-state index contributed by atoms with van der Waals surface area (Å²) in [6.07, 6.45) is -0.0794. The predicted octanol–water partition coefficient (Wildman–Crippen LogP) is 2.16. The van der Waals surface area contributed by atoms with E-state index in [1.807, 2.05) is 0 Å². The minimum absolute atomic E-state index is 0.0794. The molecule has 0 radical (unpaired) electrons. The molecule has 0 N–H and O–H groups in total. The van der Waals surface area contributed by atoms with Crippen molar-refractivity contribution in [3.63, 3.8) is 0 Å². The van der Waals surface area contributed by atoms with Gasteiger partial charge in [0.25, 0.3) is 5.54 Å². The van der Waals surface area contributed by atoms with Crippen LogP contribution in [0.5, 0.6) is 0 Å². The van der Waals surface area contributed by atoms with Gasteiger partial charge in [0.1, 0.15) is 5.78 Å². The monoisotopic (exact) mass is 207 g/mol. The quantitative estimate of drug-likeness (QED) is 0.561. The van der Waals surface area contributed by atoms with Crippen molar-refractivity contribution in [2.75, 3.05) is 0 Å². The van der Waals surface area contributed by atoms with Crippen molar-refractivity contribution in [1.29, 1.82) is 0 Å². The lowest BCUT2D eigenvalue weighted by Crippen LogP contribution is -2.33. The van der Waals surface area contributed by atoms with Gasteiger partial charge < -0.3 is 0 Å². The second kappa shape index (κ2) is 4.21. The van der Waals surface area contributed by atoms with Crippen LogP contribution in [0.1, 0.15) is 25.8 Å². The summed E-state index contributed by atoms with van der Waals surface area (Å²) in [5.41, 5.74) is -0.752. The smallest absolute Gasteiger partial charge is 0.251 e. The minimum Gasteiger partial charge on any atom is -0.300 e. The van der Waals surface area contributed by atoms with Crippen LogP contribution in [-0.2, 0) is 10.3 Å². The average molecular weight is 207 g/mol. The molecule has 1 rings (SSSR count). The molecule has 1 aromatic carbocycles. The average Bonchev–Trinajstić information content (AvgIpc) is 2.17. The van der Waals surface area contributed by atoms with Gasteiger partial charge in [-0.3, -0.25) is 14.9 Å². The first-order valence-electron chi connectivity index (χ1n) is 4.66. The molecule has 1 unspecified atom stereocenters. The standard InChI is InChI=1S/C11H13NO3/c1-9(13)8-11(2,12(14)15)10-6-4-3-5-7-10/h3-7H,8H2,1-2H3. The van der Waals surface area contributed by atoms with Crippen LogP contribution in [0, 0.1) is 10.1 Å². The van der Waals surface area contributed by atoms with E-state index in [4.69, 9.17) is 0 Å². The normalized spacial score (nSPS) is 14.3. The van der Waals surface area contributed by atoms with Crippen LogP contribution in [0.2, 0.25) is 0 Å². The Morgan fingerprint density at radius 1 is 1.40 bits per heavy atom. The van der Waals surface area contributed by atoms with Gasteiger partial charge in [-0.05, 0) is 6.92 Å². The van der Waals surface area contributed by atoms with E-state index in [-0.39, 0.29) is 12.2 Å². The zero-order valence-electron chi connectivity index (χ0n) is 8.77. The van der Waals surface area contributed by atoms with Crippen molar-refractivity contribution in [3.8, 4) is 0 Å². The molecule has 0 aliphatic carbocycles. The molecule has 0 aliphatic heterocycles. The van der Waals surface area contributed by atoms with E-state index in [1.165, 1.54) is 13.8 Å². The lowest BCUT2D eigenvalue weighted by Gasteiger charge is -2.19. The maximum Gasteiger partial charge on any atom is 0.251 e. The van der Waals surface area contributed by atoms with Gasteiger partial charge in [-0.1, -0.05) is 30.3 Å². The largest absolute Gasteiger partial charge is 0.300 e. The van der Waals surface area contributed by atoms with Gasteiger partial charge in [0.15, 0.2) is 0 Å². The third-order valence-corrected chi connectivity index (χ3v) is 2.39. The Morgan fingerprint density at radius 2 is 1.93 bits per heavy atom. The van der Waals surface area contributed by atoms with Gasteiger partial charge in [0.2, 0.25) is 0 Å². The van der Waals surface area contributed by atoms with Crippen LogP contribution >= 0.6 is 0 Å². The first-order valence-corrected chi connectivity index (χ1v) is 4.66. The van der Waals surface area contributed by atoms with Crippen molar-refractivity contribution in [3.05, 3.63) is 46.0 Å². The van der Waals surface area contributed by atoms with Crippen LogP contribution < -0.4 is 0 Å². The summed E-state index contributed by atoms with van der Waals surface area (Å²) in [5.74, 6) is -0.182. The molecule has 0 amide bonds. The molecule has 0 bridgehead atoms. The van der Waals surface area contributed by atoms with Gasteiger partial charge in [0, 0.05) is 17.4 Å². The first kappa shape index (κ1) is 11.4. The fourth-order valence-corrected chi connectivity index (χ4v) is 1.55. The Hall–Kier alpha value is -1.71. The lowest BCUT2D eigenvalue weighted by atomic mass is 9.88. The summed E-state index contributed by atoms with van der Waals surface area (Å²) in [7, 11) is 0. The molecule has 4 heteroatoms. The Bertz CT molecular complexity index is 375. The summed E-state index contributed by atoms with van der Waals surface area (Å²) in [6, 6.07) is 8.60. The molecule has 0 aromatic heterocycles. The number of hydrogen-bond acceptors (Lipinski definition) is 3. The topological polar surface area (TPSA) is 60.2 Å². The second-order valence-corrected chi connectivity index (χ2v) is 3.78. The number of rotatable bonds is 4. The maximum absolute atomic E-state index is 11.0. The molecule has 0 aliphatic rings. The molecule has 0 fully saturated rings. The number of Topliss-reactive ketones (excluding diaryl/α,β-unsaturated/α-hetero) is 1. The minimum atomic E-state index is -1.31. The van der Waals surface area contributed by atoms with Gasteiger partial charge in [-0.15, -0.1) is 0 Å². The van der Waals surface area contributed by atoms with Crippen molar-refractivity contribution < 1.29 is 9.72 Å². The highest BCUT2D eigenvalue weighted by Gasteiger charge is 2.40.